The minimum Gasteiger partial charge on any atom is -0.356 e. The topological polar surface area (TPSA) is 57.8 Å². The Labute approximate surface area is 107 Å². The predicted octanol–water partition coefficient (Wildman–Crippen LogP) is 2.36. The fourth-order valence-corrected chi connectivity index (χ4v) is 2.31. The molecule has 98 valence electrons. The van der Waals surface area contributed by atoms with Gasteiger partial charge in [-0.05, 0) is 12.1 Å². The molecule has 0 radical (unpaired) electrons. The van der Waals surface area contributed by atoms with Gasteiger partial charge < -0.3 is 10.3 Å². The van der Waals surface area contributed by atoms with Crippen LogP contribution in [0.15, 0.2) is 24.5 Å². The van der Waals surface area contributed by atoms with E-state index >= 15 is 0 Å². The highest BCUT2D eigenvalue weighted by molar-refractivity contribution is 6.00. The molecule has 0 fully saturated rings. The lowest BCUT2D eigenvalue weighted by molar-refractivity contribution is 0.0954. The van der Waals surface area contributed by atoms with Crippen molar-refractivity contribution in [1.29, 1.82) is 0 Å². The van der Waals surface area contributed by atoms with Crippen molar-refractivity contribution < 1.29 is 13.6 Å². The molecule has 0 aliphatic carbocycles. The molecule has 3 heterocycles. The van der Waals surface area contributed by atoms with E-state index in [0.29, 0.717) is 22.5 Å². The lowest BCUT2D eigenvalue weighted by Crippen LogP contribution is -2.20. The summed E-state index contributed by atoms with van der Waals surface area (Å²) in [5.41, 5.74) is 1.92. The van der Waals surface area contributed by atoms with E-state index in [9.17, 15) is 13.6 Å². The monoisotopic (exact) mass is 263 g/mol. The number of amides is 1. The van der Waals surface area contributed by atoms with Crippen molar-refractivity contribution in [3.8, 4) is 11.3 Å². The maximum atomic E-state index is 13.6. The number of aromatic nitrogens is 2. The summed E-state index contributed by atoms with van der Waals surface area (Å²) in [6, 6.07) is 2.74. The molecule has 3 rings (SSSR count). The second-order valence-electron chi connectivity index (χ2n) is 4.37. The molecule has 4 nitrogen and oxygen atoms in total. The van der Waals surface area contributed by atoms with E-state index in [1.165, 1.54) is 12.3 Å². The highest BCUT2D eigenvalue weighted by atomic mass is 19.1. The first kappa shape index (κ1) is 11.8. The van der Waals surface area contributed by atoms with Crippen molar-refractivity contribution in [1.82, 2.24) is 15.3 Å². The van der Waals surface area contributed by atoms with Crippen molar-refractivity contribution in [3.05, 3.63) is 41.6 Å². The Bertz CT molecular complexity index is 639. The van der Waals surface area contributed by atoms with E-state index in [-0.39, 0.29) is 18.4 Å². The number of hydrogen-bond donors (Lipinski definition) is 2. The summed E-state index contributed by atoms with van der Waals surface area (Å²) in [6.45, 7) is -0.525. The summed E-state index contributed by atoms with van der Waals surface area (Å²) in [7, 11) is 0. The van der Waals surface area contributed by atoms with Gasteiger partial charge in [0.05, 0.1) is 30.2 Å². The van der Waals surface area contributed by atoms with Crippen LogP contribution in [-0.4, -0.2) is 22.5 Å². The zero-order valence-electron chi connectivity index (χ0n) is 9.91. The Morgan fingerprint density at radius 2 is 2.21 bits per heavy atom. The van der Waals surface area contributed by atoms with E-state index in [0.717, 1.165) is 6.20 Å². The quantitative estimate of drug-likeness (QED) is 0.893. The number of halogens is 2. The standard InChI is InChI=1S/C13H11F2N3O/c14-3-1-10-12-8(13(19)18-10)5-11(17-12)7-2-4-16-6-9(7)15/h2,4-6,10,17H,1,3H2,(H,18,19). The Morgan fingerprint density at radius 3 is 2.95 bits per heavy atom. The van der Waals surface area contributed by atoms with Gasteiger partial charge in [-0.2, -0.15) is 0 Å². The van der Waals surface area contributed by atoms with Gasteiger partial charge in [0.1, 0.15) is 0 Å². The van der Waals surface area contributed by atoms with Crippen molar-refractivity contribution >= 4 is 5.91 Å². The van der Waals surface area contributed by atoms with E-state index in [1.807, 2.05) is 0 Å². The molecule has 2 aromatic heterocycles. The molecule has 1 unspecified atom stereocenters. The van der Waals surface area contributed by atoms with Crippen LogP contribution in [0.3, 0.4) is 0 Å². The number of alkyl halides is 1. The molecule has 0 saturated carbocycles. The van der Waals surface area contributed by atoms with Gasteiger partial charge in [0, 0.05) is 23.9 Å². The van der Waals surface area contributed by atoms with Gasteiger partial charge in [0.25, 0.3) is 5.91 Å². The number of aromatic amines is 1. The maximum Gasteiger partial charge on any atom is 0.253 e. The van der Waals surface area contributed by atoms with E-state index in [2.05, 4.69) is 15.3 Å². The van der Waals surface area contributed by atoms with Crippen LogP contribution in [-0.2, 0) is 0 Å². The van der Waals surface area contributed by atoms with E-state index in [4.69, 9.17) is 0 Å². The summed E-state index contributed by atoms with van der Waals surface area (Å²) in [5.74, 6) is -0.727. The Balaban J connectivity index is 2.04. The lowest BCUT2D eigenvalue weighted by Gasteiger charge is -2.08. The van der Waals surface area contributed by atoms with Gasteiger partial charge >= 0.3 is 0 Å². The number of carbonyl (C=O) groups excluding carboxylic acids is 1. The molecular formula is C13H11F2N3O. The number of pyridine rings is 1. The number of nitrogens with one attached hydrogen (secondary N) is 2. The SMILES string of the molecule is O=C1NC(CCF)c2[nH]c(-c3ccncc3F)cc21. The number of rotatable bonds is 3. The zero-order valence-corrected chi connectivity index (χ0v) is 9.91. The Morgan fingerprint density at radius 1 is 1.37 bits per heavy atom. The summed E-state index contributed by atoms with van der Waals surface area (Å²) < 4.78 is 26.1. The smallest absolute Gasteiger partial charge is 0.253 e. The van der Waals surface area contributed by atoms with Gasteiger partial charge in [0.2, 0.25) is 0 Å². The number of carbonyl (C=O) groups is 1. The number of hydrogen-bond acceptors (Lipinski definition) is 2. The van der Waals surface area contributed by atoms with Crippen LogP contribution in [0.1, 0.15) is 28.5 Å². The van der Waals surface area contributed by atoms with Gasteiger partial charge in [-0.1, -0.05) is 0 Å². The average molecular weight is 263 g/mol. The van der Waals surface area contributed by atoms with E-state index in [1.54, 1.807) is 6.07 Å². The second-order valence-corrected chi connectivity index (χ2v) is 4.37. The predicted molar refractivity (Wildman–Crippen MR) is 64.8 cm³/mol. The van der Waals surface area contributed by atoms with Crippen LogP contribution in [0.4, 0.5) is 8.78 Å². The molecule has 0 saturated heterocycles. The molecule has 0 aromatic carbocycles. The van der Waals surface area contributed by atoms with Crippen LogP contribution in [0, 0.1) is 5.82 Å². The normalized spacial score (nSPS) is 17.4. The summed E-state index contributed by atoms with van der Waals surface area (Å²) >= 11 is 0. The van der Waals surface area contributed by atoms with Crippen molar-refractivity contribution in [3.63, 3.8) is 0 Å². The largest absolute Gasteiger partial charge is 0.356 e. The second kappa shape index (κ2) is 4.46. The first-order chi connectivity index (χ1) is 9.20. The summed E-state index contributed by atoms with van der Waals surface area (Å²) in [6.07, 6.45) is 2.79. The Hall–Kier alpha value is -2.24. The van der Waals surface area contributed by atoms with Gasteiger partial charge in [-0.15, -0.1) is 0 Å². The van der Waals surface area contributed by atoms with Crippen LogP contribution in [0.5, 0.6) is 0 Å². The summed E-state index contributed by atoms with van der Waals surface area (Å²) in [5, 5.41) is 2.68. The minimum atomic E-state index is -0.525. The molecule has 6 heteroatoms. The molecule has 0 spiro atoms. The minimum absolute atomic E-state index is 0.206. The molecule has 19 heavy (non-hydrogen) atoms. The number of H-pyrrole nitrogens is 1. The summed E-state index contributed by atoms with van der Waals surface area (Å²) in [4.78, 5) is 18.4. The molecule has 1 atom stereocenters. The molecular weight excluding hydrogens is 252 g/mol. The van der Waals surface area contributed by atoms with Crippen molar-refractivity contribution in [2.45, 2.75) is 12.5 Å². The third kappa shape index (κ3) is 1.89. The molecule has 1 amide bonds. The maximum absolute atomic E-state index is 13.6. The Kier molecular flexibility index (Phi) is 2.77. The van der Waals surface area contributed by atoms with Crippen molar-refractivity contribution in [2.75, 3.05) is 6.67 Å². The third-order valence-electron chi connectivity index (χ3n) is 3.21. The third-order valence-corrected chi connectivity index (χ3v) is 3.21. The fourth-order valence-electron chi connectivity index (χ4n) is 2.31. The van der Waals surface area contributed by atoms with E-state index < -0.39 is 12.5 Å². The average Bonchev–Trinajstić information content (AvgIpc) is 2.93. The molecule has 0 bridgehead atoms. The first-order valence-electron chi connectivity index (χ1n) is 5.90. The number of fused-ring (bicyclic) bond motifs is 1. The van der Waals surface area contributed by atoms with Gasteiger partial charge in [-0.25, -0.2) is 4.39 Å². The van der Waals surface area contributed by atoms with Crippen LogP contribution in [0.2, 0.25) is 0 Å². The highest BCUT2D eigenvalue weighted by Gasteiger charge is 2.31. The molecule has 2 aromatic rings. The van der Waals surface area contributed by atoms with Crippen LogP contribution >= 0.6 is 0 Å². The molecule has 1 aliphatic rings. The van der Waals surface area contributed by atoms with Gasteiger partial charge in [0.15, 0.2) is 5.82 Å². The highest BCUT2D eigenvalue weighted by Crippen LogP contribution is 2.32. The zero-order chi connectivity index (χ0) is 13.4. The molecule has 1 aliphatic heterocycles. The van der Waals surface area contributed by atoms with Crippen LogP contribution < -0.4 is 5.32 Å². The number of nitrogens with zero attached hydrogens (tertiary/aromatic N) is 1. The van der Waals surface area contributed by atoms with Gasteiger partial charge in [-0.3, -0.25) is 14.2 Å². The van der Waals surface area contributed by atoms with Crippen molar-refractivity contribution in [2.24, 2.45) is 0 Å². The first-order valence-corrected chi connectivity index (χ1v) is 5.90. The fraction of sp³-hybridized carbons (Fsp3) is 0.231. The molecule has 2 N–H and O–H groups in total. The van der Waals surface area contributed by atoms with Crippen LogP contribution in [0.25, 0.3) is 11.3 Å². The lowest BCUT2D eigenvalue weighted by atomic mass is 10.1.